The van der Waals surface area contributed by atoms with Crippen LogP contribution in [0.25, 0.3) is 0 Å². The normalized spacial score (nSPS) is 19.6. The third kappa shape index (κ3) is 3.54. The molecule has 0 radical (unpaired) electrons. The maximum atomic E-state index is 5.45. The van der Waals surface area contributed by atoms with E-state index in [4.69, 9.17) is 4.74 Å². The summed E-state index contributed by atoms with van der Waals surface area (Å²) in [5.41, 5.74) is 0. The van der Waals surface area contributed by atoms with E-state index in [1.165, 1.54) is 0 Å². The number of ether oxygens (including phenoxy) is 1. The van der Waals surface area contributed by atoms with E-state index in [0.717, 1.165) is 44.5 Å². The van der Waals surface area contributed by atoms with Crippen LogP contribution >= 0.6 is 0 Å². The first-order valence-electron chi connectivity index (χ1n) is 6.37. The van der Waals surface area contributed by atoms with Crippen LogP contribution in [-0.4, -0.2) is 55.9 Å². The minimum absolute atomic E-state index is 0.362. The quantitative estimate of drug-likeness (QED) is 0.786. The number of likely N-dealkylation sites (N-methyl/N-ethyl adjacent to an activating group) is 1. The van der Waals surface area contributed by atoms with Crippen molar-refractivity contribution in [1.82, 2.24) is 15.3 Å². The highest BCUT2D eigenvalue weighted by Gasteiger charge is 2.16. The van der Waals surface area contributed by atoms with Gasteiger partial charge in [-0.3, -0.25) is 0 Å². The number of anilines is 2. The highest BCUT2D eigenvalue weighted by atomic mass is 16.5. The minimum Gasteiger partial charge on any atom is -0.378 e. The van der Waals surface area contributed by atoms with Crippen molar-refractivity contribution in [1.29, 1.82) is 0 Å². The number of rotatable bonds is 5. The number of nitrogens with one attached hydrogen (secondary N) is 2. The molecule has 1 aliphatic heterocycles. The van der Waals surface area contributed by atoms with Crippen molar-refractivity contribution in [2.75, 3.05) is 50.1 Å². The smallest absolute Gasteiger partial charge is 0.133 e. The van der Waals surface area contributed by atoms with Gasteiger partial charge in [-0.2, -0.15) is 0 Å². The lowest BCUT2D eigenvalue weighted by Gasteiger charge is -2.28. The molecule has 1 aliphatic rings. The Bertz CT molecular complexity index is 367. The number of morpholine rings is 1. The molecule has 0 aliphatic carbocycles. The van der Waals surface area contributed by atoms with Gasteiger partial charge in [0.15, 0.2) is 0 Å². The molecule has 18 heavy (non-hydrogen) atoms. The van der Waals surface area contributed by atoms with Gasteiger partial charge in [0.25, 0.3) is 0 Å². The number of aromatic nitrogens is 2. The predicted molar refractivity (Wildman–Crippen MR) is 72.1 cm³/mol. The lowest BCUT2D eigenvalue weighted by atomic mass is 10.2. The van der Waals surface area contributed by atoms with Crippen LogP contribution in [0.3, 0.4) is 0 Å². The number of hydrogen-bond donors (Lipinski definition) is 2. The van der Waals surface area contributed by atoms with Crippen LogP contribution < -0.4 is 15.5 Å². The van der Waals surface area contributed by atoms with Gasteiger partial charge in [-0.15, -0.1) is 0 Å². The van der Waals surface area contributed by atoms with E-state index in [-0.39, 0.29) is 0 Å². The third-order valence-corrected chi connectivity index (χ3v) is 2.89. The van der Waals surface area contributed by atoms with E-state index in [9.17, 15) is 0 Å². The Balaban J connectivity index is 1.94. The minimum atomic E-state index is 0.362. The van der Waals surface area contributed by atoms with Crippen molar-refractivity contribution < 1.29 is 4.74 Å². The van der Waals surface area contributed by atoms with Crippen LogP contribution in [0.4, 0.5) is 11.6 Å². The Morgan fingerprint density at radius 3 is 3.17 bits per heavy atom. The second-order valence-electron chi connectivity index (χ2n) is 4.40. The Kier molecular flexibility index (Phi) is 4.72. The van der Waals surface area contributed by atoms with E-state index in [1.807, 2.05) is 13.1 Å². The Hall–Kier alpha value is -1.40. The zero-order valence-corrected chi connectivity index (χ0v) is 11.0. The van der Waals surface area contributed by atoms with Gasteiger partial charge in [0.2, 0.25) is 0 Å². The molecule has 1 unspecified atom stereocenters. The average Bonchev–Trinajstić information content (AvgIpc) is 2.40. The maximum absolute atomic E-state index is 5.45. The largest absolute Gasteiger partial charge is 0.378 e. The summed E-state index contributed by atoms with van der Waals surface area (Å²) in [7, 11) is 2.04. The average molecular weight is 251 g/mol. The van der Waals surface area contributed by atoms with Gasteiger partial charge in [0.1, 0.15) is 18.0 Å². The second-order valence-corrected chi connectivity index (χ2v) is 4.40. The molecule has 1 fully saturated rings. The summed E-state index contributed by atoms with van der Waals surface area (Å²) in [6, 6.07) is 2.33. The zero-order valence-electron chi connectivity index (χ0n) is 11.0. The Labute approximate surface area is 108 Å². The zero-order chi connectivity index (χ0) is 12.8. The van der Waals surface area contributed by atoms with Crippen LogP contribution in [0.15, 0.2) is 12.4 Å². The molecule has 1 saturated heterocycles. The van der Waals surface area contributed by atoms with Gasteiger partial charge >= 0.3 is 0 Å². The summed E-state index contributed by atoms with van der Waals surface area (Å²) in [4.78, 5) is 10.6. The van der Waals surface area contributed by atoms with E-state index in [2.05, 4.69) is 32.4 Å². The van der Waals surface area contributed by atoms with Crippen LogP contribution in [0.1, 0.15) is 6.92 Å². The molecular weight excluding hydrogens is 230 g/mol. The maximum Gasteiger partial charge on any atom is 0.133 e. The lowest BCUT2D eigenvalue weighted by molar-refractivity contribution is 0.0790. The van der Waals surface area contributed by atoms with Crippen molar-refractivity contribution >= 4 is 11.6 Å². The fraction of sp³-hybridized carbons (Fsp3) is 0.667. The van der Waals surface area contributed by atoms with Gasteiger partial charge in [-0.1, -0.05) is 0 Å². The first-order valence-corrected chi connectivity index (χ1v) is 6.37. The van der Waals surface area contributed by atoms with Crippen LogP contribution in [0.5, 0.6) is 0 Å². The van der Waals surface area contributed by atoms with Crippen molar-refractivity contribution in [3.05, 3.63) is 12.4 Å². The molecule has 6 nitrogen and oxygen atoms in total. The summed E-state index contributed by atoms with van der Waals surface area (Å²) < 4.78 is 5.45. The van der Waals surface area contributed by atoms with Gasteiger partial charge in [-0.05, 0) is 6.92 Å². The molecule has 2 heterocycles. The van der Waals surface area contributed by atoms with Gasteiger partial charge < -0.3 is 20.3 Å². The van der Waals surface area contributed by atoms with Crippen molar-refractivity contribution in [3.8, 4) is 0 Å². The highest BCUT2D eigenvalue weighted by Crippen LogP contribution is 2.13. The summed E-state index contributed by atoms with van der Waals surface area (Å²) >= 11 is 0. The molecule has 1 atom stereocenters. The van der Waals surface area contributed by atoms with E-state index < -0.39 is 0 Å². The monoisotopic (exact) mass is 251 g/mol. The predicted octanol–water partition coefficient (Wildman–Crippen LogP) is 0.333. The highest BCUT2D eigenvalue weighted by molar-refractivity contribution is 5.47. The first kappa shape index (κ1) is 13.0. The summed E-state index contributed by atoms with van der Waals surface area (Å²) in [6.07, 6.45) is 1.59. The first-order chi connectivity index (χ1) is 8.79. The van der Waals surface area contributed by atoms with Crippen LogP contribution in [-0.2, 0) is 4.74 Å². The molecule has 2 N–H and O–H groups in total. The molecular formula is C12H21N5O. The fourth-order valence-electron chi connectivity index (χ4n) is 1.99. The van der Waals surface area contributed by atoms with Crippen LogP contribution in [0.2, 0.25) is 0 Å². The Morgan fingerprint density at radius 1 is 1.56 bits per heavy atom. The van der Waals surface area contributed by atoms with E-state index in [0.29, 0.717) is 6.04 Å². The standard InChI is InChI=1S/C12H21N5O/c1-3-13-11-6-12(16-9-15-11)17(2)7-10-8-18-5-4-14-10/h6,9-10,14H,3-5,7-8H2,1-2H3,(H,13,15,16). The van der Waals surface area contributed by atoms with Crippen molar-refractivity contribution in [3.63, 3.8) is 0 Å². The number of hydrogen-bond acceptors (Lipinski definition) is 6. The molecule has 0 spiro atoms. The topological polar surface area (TPSA) is 62.3 Å². The Morgan fingerprint density at radius 2 is 2.44 bits per heavy atom. The second kappa shape index (κ2) is 6.51. The van der Waals surface area contributed by atoms with Gasteiger partial charge in [0.05, 0.1) is 13.2 Å². The summed E-state index contributed by atoms with van der Waals surface area (Å²) in [5.74, 6) is 1.79. The molecule has 2 rings (SSSR count). The molecule has 0 aromatic carbocycles. The van der Waals surface area contributed by atoms with E-state index in [1.54, 1.807) is 6.33 Å². The molecule has 1 aromatic rings. The fourth-order valence-corrected chi connectivity index (χ4v) is 1.99. The van der Waals surface area contributed by atoms with Crippen molar-refractivity contribution in [2.45, 2.75) is 13.0 Å². The molecule has 100 valence electrons. The molecule has 6 heteroatoms. The lowest BCUT2D eigenvalue weighted by Crippen LogP contribution is -2.47. The molecule has 0 bridgehead atoms. The summed E-state index contributed by atoms with van der Waals surface area (Å²) in [5, 5.41) is 6.62. The molecule has 1 aromatic heterocycles. The SMILES string of the molecule is CCNc1cc(N(C)CC2COCCN2)ncn1. The van der Waals surface area contributed by atoms with Gasteiger partial charge in [-0.25, -0.2) is 9.97 Å². The summed E-state index contributed by atoms with van der Waals surface area (Å²) in [6.45, 7) is 6.27. The van der Waals surface area contributed by atoms with Gasteiger partial charge in [0, 0.05) is 38.8 Å². The van der Waals surface area contributed by atoms with E-state index >= 15 is 0 Å². The molecule has 0 saturated carbocycles. The van der Waals surface area contributed by atoms with Crippen molar-refractivity contribution in [2.24, 2.45) is 0 Å². The number of nitrogens with zero attached hydrogens (tertiary/aromatic N) is 3. The third-order valence-electron chi connectivity index (χ3n) is 2.89. The van der Waals surface area contributed by atoms with Crippen LogP contribution in [0, 0.1) is 0 Å². The molecule has 0 amide bonds.